The second-order valence-corrected chi connectivity index (χ2v) is 4.83. The van der Waals surface area contributed by atoms with Gasteiger partial charge in [-0.2, -0.15) is 0 Å². The molecule has 0 heterocycles. The Labute approximate surface area is 93.0 Å². The van der Waals surface area contributed by atoms with Crippen LogP contribution in [0.2, 0.25) is 0 Å². The Kier molecular flexibility index (Phi) is 2.17. The van der Waals surface area contributed by atoms with Crippen molar-refractivity contribution in [1.29, 1.82) is 0 Å². The summed E-state index contributed by atoms with van der Waals surface area (Å²) in [5.41, 5.74) is 6.31. The molecule has 1 aliphatic carbocycles. The van der Waals surface area contributed by atoms with Gasteiger partial charge in [0.2, 0.25) is 0 Å². The summed E-state index contributed by atoms with van der Waals surface area (Å²) < 4.78 is 0. The van der Waals surface area contributed by atoms with E-state index in [4.69, 9.17) is 5.73 Å². The van der Waals surface area contributed by atoms with Crippen LogP contribution in [0.5, 0.6) is 5.75 Å². The number of nitro benzene ring substituents is 1. The number of phenolic OH excluding ortho intramolecular Hbond substituents is 1. The maximum Gasteiger partial charge on any atom is 0.273 e. The lowest BCUT2D eigenvalue weighted by molar-refractivity contribution is -0.385. The monoisotopic (exact) mass is 222 g/mol. The normalized spacial score (nSPS) is 26.4. The maximum absolute atomic E-state index is 10.9. The van der Waals surface area contributed by atoms with Crippen molar-refractivity contribution in [2.24, 2.45) is 11.1 Å². The SMILES string of the molecule is CC1(C)C(N)C1c1cc(O)ccc1[N+](=O)[O-]. The topological polar surface area (TPSA) is 89.4 Å². The first-order valence-electron chi connectivity index (χ1n) is 5.08. The van der Waals surface area contributed by atoms with E-state index in [0.717, 1.165) is 0 Å². The highest BCUT2D eigenvalue weighted by Crippen LogP contribution is 2.59. The molecule has 0 radical (unpaired) electrons. The lowest BCUT2D eigenvalue weighted by atomic mass is 10.0. The van der Waals surface area contributed by atoms with Crippen LogP contribution in [0.15, 0.2) is 18.2 Å². The molecule has 5 nitrogen and oxygen atoms in total. The van der Waals surface area contributed by atoms with Gasteiger partial charge in [-0.3, -0.25) is 10.1 Å². The number of hydrogen-bond donors (Lipinski definition) is 2. The molecule has 0 amide bonds. The van der Waals surface area contributed by atoms with Gasteiger partial charge in [0.15, 0.2) is 0 Å². The Morgan fingerprint density at radius 3 is 2.50 bits per heavy atom. The van der Waals surface area contributed by atoms with Crippen LogP contribution in [0, 0.1) is 15.5 Å². The van der Waals surface area contributed by atoms with Gasteiger partial charge in [0.1, 0.15) is 5.75 Å². The van der Waals surface area contributed by atoms with Crippen molar-refractivity contribution in [1.82, 2.24) is 0 Å². The lowest BCUT2D eigenvalue weighted by Gasteiger charge is -2.04. The first-order chi connectivity index (χ1) is 7.35. The lowest BCUT2D eigenvalue weighted by Crippen LogP contribution is -2.06. The van der Waals surface area contributed by atoms with E-state index in [1.807, 2.05) is 13.8 Å². The van der Waals surface area contributed by atoms with Crippen molar-refractivity contribution in [3.63, 3.8) is 0 Å². The molecule has 2 atom stereocenters. The quantitative estimate of drug-likeness (QED) is 0.589. The molecule has 3 N–H and O–H groups in total. The number of nitrogens with two attached hydrogens (primary N) is 1. The highest BCUT2D eigenvalue weighted by atomic mass is 16.6. The van der Waals surface area contributed by atoms with Crippen LogP contribution >= 0.6 is 0 Å². The zero-order valence-corrected chi connectivity index (χ0v) is 9.18. The first-order valence-corrected chi connectivity index (χ1v) is 5.08. The largest absolute Gasteiger partial charge is 0.508 e. The van der Waals surface area contributed by atoms with Crippen molar-refractivity contribution in [3.8, 4) is 5.75 Å². The Morgan fingerprint density at radius 2 is 2.06 bits per heavy atom. The average Bonchev–Trinajstić information content (AvgIpc) is 2.65. The van der Waals surface area contributed by atoms with Gasteiger partial charge in [-0.15, -0.1) is 0 Å². The standard InChI is InChI=1S/C11H14N2O3/c1-11(2)9(10(11)12)7-5-6(14)3-4-8(7)13(15)16/h3-5,9-10,14H,12H2,1-2H3. The first kappa shape index (κ1) is 10.9. The molecule has 2 unspecified atom stereocenters. The zero-order valence-electron chi connectivity index (χ0n) is 9.18. The van der Waals surface area contributed by atoms with E-state index in [1.54, 1.807) is 0 Å². The van der Waals surface area contributed by atoms with Crippen LogP contribution < -0.4 is 5.73 Å². The molecule has 0 spiro atoms. The third-order valence-electron chi connectivity index (χ3n) is 3.45. The van der Waals surface area contributed by atoms with E-state index < -0.39 is 4.92 Å². The molecule has 2 rings (SSSR count). The highest BCUT2D eigenvalue weighted by Gasteiger charge is 2.58. The van der Waals surface area contributed by atoms with Crippen LogP contribution in [0.3, 0.4) is 0 Å². The molecule has 0 bridgehead atoms. The smallest absolute Gasteiger partial charge is 0.273 e. The van der Waals surface area contributed by atoms with Crippen molar-refractivity contribution < 1.29 is 10.0 Å². The van der Waals surface area contributed by atoms with Crippen LogP contribution in [-0.2, 0) is 0 Å². The number of rotatable bonds is 2. The van der Waals surface area contributed by atoms with Gasteiger partial charge in [0, 0.05) is 23.6 Å². The number of nitro groups is 1. The molecule has 0 aliphatic heterocycles. The number of phenols is 1. The molecule has 0 aromatic heterocycles. The highest BCUT2D eigenvalue weighted by molar-refractivity contribution is 5.51. The van der Waals surface area contributed by atoms with Crippen LogP contribution in [-0.4, -0.2) is 16.1 Å². The van der Waals surface area contributed by atoms with Gasteiger partial charge in [0.05, 0.1) is 4.92 Å². The summed E-state index contributed by atoms with van der Waals surface area (Å²) in [6.45, 7) is 3.94. The number of aromatic hydroxyl groups is 1. The molecule has 1 fully saturated rings. The number of benzene rings is 1. The minimum absolute atomic E-state index is 0.0313. The van der Waals surface area contributed by atoms with Crippen LogP contribution in [0.4, 0.5) is 5.69 Å². The van der Waals surface area contributed by atoms with Gasteiger partial charge in [-0.05, 0) is 17.5 Å². The van der Waals surface area contributed by atoms with E-state index in [2.05, 4.69) is 0 Å². The van der Waals surface area contributed by atoms with Crippen molar-refractivity contribution in [2.75, 3.05) is 0 Å². The Morgan fingerprint density at radius 1 is 1.50 bits per heavy atom. The summed E-state index contributed by atoms with van der Waals surface area (Å²) >= 11 is 0. The molecule has 1 aromatic rings. The van der Waals surface area contributed by atoms with E-state index in [0.29, 0.717) is 5.56 Å². The fourth-order valence-electron chi connectivity index (χ4n) is 2.23. The molecule has 1 saturated carbocycles. The van der Waals surface area contributed by atoms with Crippen LogP contribution in [0.1, 0.15) is 25.3 Å². The second-order valence-electron chi connectivity index (χ2n) is 4.83. The molecular weight excluding hydrogens is 208 g/mol. The second kappa shape index (κ2) is 3.18. The van der Waals surface area contributed by atoms with E-state index >= 15 is 0 Å². The number of nitrogens with zero attached hydrogens (tertiary/aromatic N) is 1. The molecule has 1 aliphatic rings. The molecular formula is C11H14N2O3. The zero-order chi connectivity index (χ0) is 12.1. The molecule has 86 valence electrons. The number of hydrogen-bond acceptors (Lipinski definition) is 4. The Hall–Kier alpha value is -1.62. The van der Waals surface area contributed by atoms with Gasteiger partial charge in [-0.25, -0.2) is 0 Å². The summed E-state index contributed by atoms with van der Waals surface area (Å²) in [6, 6.07) is 4.00. The molecule has 0 saturated heterocycles. The predicted octanol–water partition coefficient (Wildman–Crippen LogP) is 1.75. The maximum atomic E-state index is 10.9. The van der Waals surface area contributed by atoms with E-state index in [-0.39, 0.29) is 28.8 Å². The fourth-order valence-corrected chi connectivity index (χ4v) is 2.23. The Bertz CT molecular complexity index is 457. The van der Waals surface area contributed by atoms with Gasteiger partial charge in [0.25, 0.3) is 5.69 Å². The van der Waals surface area contributed by atoms with E-state index in [9.17, 15) is 15.2 Å². The fraction of sp³-hybridized carbons (Fsp3) is 0.455. The Balaban J connectivity index is 2.48. The minimum atomic E-state index is -0.435. The molecule has 16 heavy (non-hydrogen) atoms. The third kappa shape index (κ3) is 1.44. The average molecular weight is 222 g/mol. The van der Waals surface area contributed by atoms with Crippen molar-refractivity contribution >= 4 is 5.69 Å². The van der Waals surface area contributed by atoms with Crippen molar-refractivity contribution in [2.45, 2.75) is 25.8 Å². The minimum Gasteiger partial charge on any atom is -0.508 e. The predicted molar refractivity (Wildman–Crippen MR) is 59.3 cm³/mol. The summed E-state index contributed by atoms with van der Waals surface area (Å²) in [5, 5.41) is 20.3. The van der Waals surface area contributed by atoms with Gasteiger partial charge < -0.3 is 10.8 Å². The van der Waals surface area contributed by atoms with Gasteiger partial charge in [-0.1, -0.05) is 13.8 Å². The summed E-state index contributed by atoms with van der Waals surface area (Å²) in [5.74, 6) is -0.0181. The van der Waals surface area contributed by atoms with Crippen molar-refractivity contribution in [3.05, 3.63) is 33.9 Å². The summed E-state index contributed by atoms with van der Waals surface area (Å²) in [6.07, 6.45) is 0. The van der Waals surface area contributed by atoms with Crippen LogP contribution in [0.25, 0.3) is 0 Å². The van der Waals surface area contributed by atoms with Gasteiger partial charge >= 0.3 is 0 Å². The molecule has 5 heteroatoms. The summed E-state index contributed by atoms with van der Waals surface area (Å²) in [7, 11) is 0. The van der Waals surface area contributed by atoms with E-state index in [1.165, 1.54) is 18.2 Å². The molecule has 1 aromatic carbocycles. The third-order valence-corrected chi connectivity index (χ3v) is 3.45. The summed E-state index contributed by atoms with van der Waals surface area (Å²) in [4.78, 5) is 10.4.